The summed E-state index contributed by atoms with van der Waals surface area (Å²) in [5.74, 6) is 0.397. The molecule has 1 aromatic heterocycles. The Balaban J connectivity index is -0.000000543. The van der Waals surface area contributed by atoms with Crippen LogP contribution in [0.3, 0.4) is 0 Å². The molecule has 0 saturated carbocycles. The zero-order valence-electron chi connectivity index (χ0n) is 21.3. The van der Waals surface area contributed by atoms with Crippen molar-refractivity contribution in [2.75, 3.05) is 17.6 Å². The third kappa shape index (κ3) is 17.2. The normalized spacial score (nSPS) is 11.4. The van der Waals surface area contributed by atoms with Gasteiger partial charge in [0.25, 0.3) is 10.0 Å². The minimum Gasteiger partial charge on any atom is 0 e. The van der Waals surface area contributed by atoms with E-state index in [0.29, 0.717) is 5.69 Å². The van der Waals surface area contributed by atoms with Crippen molar-refractivity contribution in [1.29, 1.82) is 5.26 Å². The number of ether oxygens (including phenoxy) is 1. The van der Waals surface area contributed by atoms with Gasteiger partial charge in [-0.3, -0.25) is 4.72 Å². The molecule has 0 bridgehead atoms. The molecular weight excluding hydrogens is 648 g/mol. The molecule has 1 aromatic carbocycles. The maximum Gasteiger partial charge on any atom is 0 e. The Bertz CT molecular complexity index is 1200. The molecular formula is C20H26CoN9O7SSe-2. The number of nitrogens with one attached hydrogen (secondary N) is 1. The zero-order chi connectivity index (χ0) is 29.7. The molecule has 216 valence electrons. The van der Waals surface area contributed by atoms with E-state index in [9.17, 15) is 18.8 Å². The van der Waals surface area contributed by atoms with Gasteiger partial charge in [0.1, 0.15) is 12.1 Å². The van der Waals surface area contributed by atoms with E-state index in [1.165, 1.54) is 71.5 Å². The van der Waals surface area contributed by atoms with Crippen LogP contribution in [0.1, 0.15) is 27.7 Å². The predicted octanol–water partition coefficient (Wildman–Crippen LogP) is 2.09. The number of nitrogens with two attached hydrogens (primary N) is 1. The van der Waals surface area contributed by atoms with Gasteiger partial charge >= 0.3 is 26.2 Å². The Morgan fingerprint density at radius 2 is 1.46 bits per heavy atom. The van der Waals surface area contributed by atoms with Crippen LogP contribution in [-0.2, 0) is 26.8 Å². The van der Waals surface area contributed by atoms with Crippen LogP contribution in [0, 0.1) is 20.6 Å². The van der Waals surface area contributed by atoms with Crippen LogP contribution in [-0.4, -0.2) is 74.8 Å². The maximum absolute atomic E-state index is 12.1. The Morgan fingerprint density at radius 3 is 1.79 bits per heavy atom. The van der Waals surface area contributed by atoms with Gasteiger partial charge in [-0.25, -0.2) is 18.4 Å². The second-order valence-electron chi connectivity index (χ2n) is 6.44. The van der Waals surface area contributed by atoms with Crippen molar-refractivity contribution < 1.29 is 40.3 Å². The van der Waals surface area contributed by atoms with Gasteiger partial charge in [0.05, 0.1) is 34.9 Å². The van der Waals surface area contributed by atoms with E-state index in [4.69, 9.17) is 26.1 Å². The molecule has 16 nitrogen and oxygen atoms in total. The van der Waals surface area contributed by atoms with Gasteiger partial charge in [-0.05, 0) is 52.0 Å². The average Bonchev–Trinajstić information content (AvgIpc) is 2.92. The van der Waals surface area contributed by atoms with Gasteiger partial charge in [-0.1, -0.05) is 10.3 Å². The van der Waals surface area contributed by atoms with E-state index in [1.807, 2.05) is 0 Å². The molecule has 0 aliphatic carbocycles. The van der Waals surface area contributed by atoms with Gasteiger partial charge in [0, 0.05) is 28.5 Å². The molecule has 0 spiro atoms. The summed E-state index contributed by atoms with van der Waals surface area (Å²) in [6.07, 6.45) is 1.21. The molecule has 2 rings (SSSR count). The van der Waals surface area contributed by atoms with Crippen molar-refractivity contribution >= 4 is 60.4 Å². The fourth-order valence-corrected chi connectivity index (χ4v) is 2.63. The summed E-state index contributed by atoms with van der Waals surface area (Å²) < 4.78 is 31.3. The van der Waals surface area contributed by atoms with Gasteiger partial charge in [-0.15, -0.1) is 0 Å². The van der Waals surface area contributed by atoms with Crippen molar-refractivity contribution in [2.45, 2.75) is 32.6 Å². The van der Waals surface area contributed by atoms with Crippen molar-refractivity contribution in [3.8, 4) is 10.8 Å². The molecule has 0 unspecified atom stereocenters. The molecule has 0 fully saturated rings. The van der Waals surface area contributed by atoms with Gasteiger partial charge in [0.15, 0.2) is 0 Å². The van der Waals surface area contributed by atoms with Crippen LogP contribution in [0.15, 0.2) is 62.2 Å². The molecule has 5 N–H and O–H groups in total. The number of nitrogen functional groups attached to an aromatic ring is 1. The first kappa shape index (κ1) is 39.6. The maximum atomic E-state index is 12.1. The van der Waals surface area contributed by atoms with Crippen LogP contribution >= 0.6 is 0 Å². The largest absolute Gasteiger partial charge is 0 e. The summed E-state index contributed by atoms with van der Waals surface area (Å²) in [4.78, 5) is 9.32. The van der Waals surface area contributed by atoms with Crippen molar-refractivity contribution in [2.24, 2.45) is 20.6 Å². The number of hydrogen-bond donors (Lipinski definition) is 4. The molecule has 2 aromatic rings. The molecule has 0 atom stereocenters. The van der Waals surface area contributed by atoms with Crippen LogP contribution < -0.4 is 15.2 Å². The monoisotopic (exact) mass is 675 g/mol. The summed E-state index contributed by atoms with van der Waals surface area (Å²) in [6.45, 7) is 5.94. The number of anilines is 2. The number of benzene rings is 1. The Kier molecular flexibility index (Phi) is 22.4. The van der Waals surface area contributed by atoms with Crippen LogP contribution in [0.25, 0.3) is 0 Å². The minimum atomic E-state index is -3.71. The molecule has 1 heterocycles. The SMILES string of the molecule is CC(=N\[O-])/C(C)=N/O.CC(=N\[O-])/C(C)=N/O.COc1cc(NS(=O)(=O)c2ccc(N)cc2)ncn1.N#C[Se].[Co]. The Morgan fingerprint density at radius 1 is 1.03 bits per heavy atom. The van der Waals surface area contributed by atoms with E-state index in [2.05, 4.69) is 51.3 Å². The summed E-state index contributed by atoms with van der Waals surface area (Å²) >= 11 is 2.11. The first-order chi connectivity index (χ1) is 17.9. The van der Waals surface area contributed by atoms with Gasteiger partial charge in [0.2, 0.25) is 5.88 Å². The van der Waals surface area contributed by atoms with Crippen molar-refractivity contribution in [3.63, 3.8) is 0 Å². The number of aromatic nitrogens is 2. The second-order valence-corrected chi connectivity index (χ2v) is 8.50. The summed E-state index contributed by atoms with van der Waals surface area (Å²) in [7, 11) is -2.28. The zero-order valence-corrected chi connectivity index (χ0v) is 24.8. The standard InChI is InChI=1S/C11H12N4O3S.2C4H8N2O2.CNSe.Co/c1-18-11-6-10(13-7-14-11)15-19(16,17)9-4-2-8(12)3-5-9;2*1-3(5-7)4(2)6-8;2-1-3;/h2-7H,12H2,1H3,(H,13,14,15);2*7-8H,1-2H3;;/p-2/b;2*5-3+,6-4+;;. The molecule has 39 heavy (non-hydrogen) atoms. The first-order valence-corrected chi connectivity index (χ1v) is 12.2. The van der Waals surface area contributed by atoms with Crippen LogP contribution in [0.5, 0.6) is 5.88 Å². The number of rotatable bonds is 6. The third-order valence-corrected chi connectivity index (χ3v) is 5.27. The molecule has 0 amide bonds. The van der Waals surface area contributed by atoms with E-state index < -0.39 is 10.0 Å². The smallest absolute Gasteiger partial charge is 0 e. The molecule has 0 aliphatic rings. The predicted molar refractivity (Wildman–Crippen MR) is 144 cm³/mol. The molecule has 19 heteroatoms. The topological polar surface area (TPSA) is 267 Å². The molecule has 0 aliphatic heterocycles. The Labute approximate surface area is 244 Å². The number of sulfonamides is 1. The van der Waals surface area contributed by atoms with E-state index in [0.717, 1.165) is 0 Å². The number of nitrogens with zero attached hydrogens (tertiary/aromatic N) is 7. The van der Waals surface area contributed by atoms with E-state index >= 15 is 0 Å². The van der Waals surface area contributed by atoms with E-state index in [1.54, 1.807) is 4.97 Å². The third-order valence-electron chi connectivity index (χ3n) is 3.90. The molecule has 0 saturated heterocycles. The summed E-state index contributed by atoms with van der Waals surface area (Å²) in [5.41, 5.74) is 6.90. The first-order valence-electron chi connectivity index (χ1n) is 9.84. The average molecular weight is 674 g/mol. The number of oxime groups is 2. The number of hydrogen-bond acceptors (Lipinski definition) is 15. The fraction of sp³-hybridized carbons (Fsp3) is 0.250. The fourth-order valence-electron chi connectivity index (χ4n) is 1.63. The minimum absolute atomic E-state index is 0. The Hall–Kier alpha value is -3.95. The van der Waals surface area contributed by atoms with Gasteiger partial charge < -0.3 is 41.6 Å². The van der Waals surface area contributed by atoms with Crippen molar-refractivity contribution in [3.05, 3.63) is 47.1 Å². The van der Waals surface area contributed by atoms with Gasteiger partial charge in [-0.2, -0.15) is 0 Å². The van der Waals surface area contributed by atoms with Crippen LogP contribution in [0.4, 0.5) is 11.5 Å². The van der Waals surface area contributed by atoms with E-state index in [-0.39, 0.29) is 56.2 Å². The molecule has 2 radical (unpaired) electrons. The van der Waals surface area contributed by atoms with Crippen LogP contribution in [0.2, 0.25) is 0 Å². The summed E-state index contributed by atoms with van der Waals surface area (Å²) in [6, 6.07) is 7.23. The summed E-state index contributed by atoms with van der Waals surface area (Å²) in [5, 5.41) is 53.1. The number of nitriles is 1. The number of methoxy groups -OCH3 is 1. The quantitative estimate of drug-likeness (QED) is 0.113. The van der Waals surface area contributed by atoms with Crippen molar-refractivity contribution in [1.82, 2.24) is 9.97 Å². The second kappa shape index (κ2) is 22.1.